The summed E-state index contributed by atoms with van der Waals surface area (Å²) in [6, 6.07) is 27.0. The molecule has 1 aliphatic heterocycles. The number of para-hydroxylation sites is 1. The molecular weight excluding hydrogens is 423 g/mol. The molecule has 4 nitrogen and oxygen atoms in total. The molecule has 1 unspecified atom stereocenters. The maximum atomic E-state index is 10.2. The Morgan fingerprint density at radius 2 is 1.76 bits per heavy atom. The number of aromatic hydroxyl groups is 1. The van der Waals surface area contributed by atoms with Crippen molar-refractivity contribution in [3.8, 4) is 11.5 Å². The Morgan fingerprint density at radius 3 is 2.50 bits per heavy atom. The zero-order chi connectivity index (χ0) is 23.8. The quantitative estimate of drug-likeness (QED) is 0.302. The Labute approximate surface area is 201 Å². The largest absolute Gasteiger partial charge is 0.508 e. The van der Waals surface area contributed by atoms with Crippen LogP contribution in [0.2, 0.25) is 6.32 Å². The molecule has 4 rings (SSSR count). The summed E-state index contributed by atoms with van der Waals surface area (Å²) in [4.78, 5) is 0. The lowest BCUT2D eigenvalue weighted by Crippen LogP contribution is -2.32. The lowest BCUT2D eigenvalue weighted by atomic mass is 9.78. The SMILES string of the molecule is C=C(COc1ccccc1)C1=CCB(O)OC1CC/C(=C/c1cccc(O)c1)c1ccccc1. The standard InChI is InChI=1S/C29H29BO4/c1-22(21-33-27-13-6-3-7-14-27)28-17-18-30(32)34-29(28)16-15-25(24-10-4-2-5-11-24)19-23-9-8-12-26(31)20-23/h2-14,17,19-20,29,31-32H,1,15-16,18,21H2/b25-19-. The van der Waals surface area contributed by atoms with Crippen LogP contribution in [-0.4, -0.2) is 30.0 Å². The van der Waals surface area contributed by atoms with E-state index in [-0.39, 0.29) is 11.9 Å². The third-order valence-corrected chi connectivity index (χ3v) is 5.80. The molecule has 0 fully saturated rings. The first-order valence-electron chi connectivity index (χ1n) is 11.5. The van der Waals surface area contributed by atoms with Gasteiger partial charge >= 0.3 is 7.12 Å². The number of phenols is 1. The fraction of sp³-hybridized carbons (Fsp3) is 0.172. The van der Waals surface area contributed by atoms with E-state index < -0.39 is 7.12 Å². The van der Waals surface area contributed by atoms with Gasteiger partial charge in [0.15, 0.2) is 0 Å². The molecular formula is C29H29BO4. The van der Waals surface area contributed by atoms with Crippen LogP contribution in [0, 0.1) is 0 Å². The van der Waals surface area contributed by atoms with Crippen LogP contribution in [0.15, 0.2) is 109 Å². The molecule has 0 saturated carbocycles. The maximum absolute atomic E-state index is 10.2. The van der Waals surface area contributed by atoms with Crippen molar-refractivity contribution < 1.29 is 19.5 Å². The van der Waals surface area contributed by atoms with Gasteiger partial charge in [-0.05, 0) is 65.0 Å². The van der Waals surface area contributed by atoms with Gasteiger partial charge in [0.05, 0.1) is 6.10 Å². The average Bonchev–Trinajstić information content (AvgIpc) is 2.86. The highest BCUT2D eigenvalue weighted by molar-refractivity contribution is 6.43. The number of hydrogen-bond acceptors (Lipinski definition) is 4. The number of benzene rings is 3. The molecule has 2 N–H and O–H groups in total. The fourth-order valence-electron chi connectivity index (χ4n) is 4.10. The summed E-state index contributed by atoms with van der Waals surface area (Å²) in [6.45, 7) is 4.59. The summed E-state index contributed by atoms with van der Waals surface area (Å²) in [5.41, 5.74) is 4.99. The summed E-state index contributed by atoms with van der Waals surface area (Å²) >= 11 is 0. The predicted molar refractivity (Wildman–Crippen MR) is 138 cm³/mol. The Kier molecular flexibility index (Phi) is 8.02. The smallest absolute Gasteiger partial charge is 0.458 e. The molecule has 0 bridgehead atoms. The first-order valence-corrected chi connectivity index (χ1v) is 11.5. The first kappa shape index (κ1) is 23.6. The van der Waals surface area contributed by atoms with Crippen LogP contribution in [0.4, 0.5) is 0 Å². The molecule has 1 heterocycles. The minimum Gasteiger partial charge on any atom is -0.508 e. The van der Waals surface area contributed by atoms with Gasteiger partial charge in [-0.1, -0.05) is 79.4 Å². The van der Waals surface area contributed by atoms with Crippen LogP contribution >= 0.6 is 0 Å². The summed E-state index contributed by atoms with van der Waals surface area (Å²) < 4.78 is 11.8. The van der Waals surface area contributed by atoms with Crippen LogP contribution in [0.25, 0.3) is 11.6 Å². The van der Waals surface area contributed by atoms with E-state index in [0.717, 1.165) is 40.0 Å². The number of hydrogen-bond donors (Lipinski definition) is 2. The second kappa shape index (κ2) is 11.5. The van der Waals surface area contributed by atoms with Crippen LogP contribution < -0.4 is 4.74 Å². The lowest BCUT2D eigenvalue weighted by molar-refractivity contribution is 0.182. The molecule has 5 heteroatoms. The predicted octanol–water partition coefficient (Wildman–Crippen LogP) is 6.15. The normalized spacial score (nSPS) is 16.1. The third-order valence-electron chi connectivity index (χ3n) is 5.80. The molecule has 0 radical (unpaired) electrons. The molecule has 172 valence electrons. The van der Waals surface area contributed by atoms with Gasteiger partial charge in [0.25, 0.3) is 0 Å². The van der Waals surface area contributed by atoms with Crippen molar-refractivity contribution in [1.82, 2.24) is 0 Å². The summed E-state index contributed by atoms with van der Waals surface area (Å²) in [7, 11) is -0.827. The molecule has 3 aromatic carbocycles. The molecule has 0 saturated heterocycles. The van der Waals surface area contributed by atoms with Crippen molar-refractivity contribution >= 4 is 18.8 Å². The van der Waals surface area contributed by atoms with Gasteiger partial charge in [0, 0.05) is 6.32 Å². The van der Waals surface area contributed by atoms with Gasteiger partial charge in [0.1, 0.15) is 18.1 Å². The summed E-state index contributed by atoms with van der Waals surface area (Å²) in [5.74, 6) is 1.03. The molecule has 3 aromatic rings. The van der Waals surface area contributed by atoms with Gasteiger partial charge in [-0.25, -0.2) is 0 Å². The molecule has 0 spiro atoms. The highest BCUT2D eigenvalue weighted by Gasteiger charge is 2.28. The molecule has 0 aromatic heterocycles. The number of phenolic OH excluding ortho intramolecular Hbond substituents is 1. The van der Waals surface area contributed by atoms with Crippen molar-refractivity contribution in [3.63, 3.8) is 0 Å². The van der Waals surface area contributed by atoms with Gasteiger partial charge in [-0.3, -0.25) is 0 Å². The highest BCUT2D eigenvalue weighted by Crippen LogP contribution is 2.31. The first-order chi connectivity index (χ1) is 16.6. The van der Waals surface area contributed by atoms with Crippen molar-refractivity contribution in [2.75, 3.05) is 6.61 Å². The highest BCUT2D eigenvalue weighted by atomic mass is 16.5. The van der Waals surface area contributed by atoms with Crippen molar-refractivity contribution in [2.24, 2.45) is 0 Å². The van der Waals surface area contributed by atoms with Crippen molar-refractivity contribution in [2.45, 2.75) is 25.3 Å². The van der Waals surface area contributed by atoms with E-state index >= 15 is 0 Å². The topological polar surface area (TPSA) is 58.9 Å². The average molecular weight is 452 g/mol. The fourth-order valence-corrected chi connectivity index (χ4v) is 4.10. The molecule has 0 aliphatic carbocycles. The van der Waals surface area contributed by atoms with Gasteiger partial charge < -0.3 is 19.5 Å². The molecule has 1 aliphatic rings. The summed E-state index contributed by atoms with van der Waals surface area (Å²) in [5, 5.41) is 20.0. The van der Waals surface area contributed by atoms with Crippen LogP contribution in [0.3, 0.4) is 0 Å². The van der Waals surface area contributed by atoms with E-state index in [1.54, 1.807) is 12.1 Å². The van der Waals surface area contributed by atoms with E-state index in [2.05, 4.69) is 24.8 Å². The van der Waals surface area contributed by atoms with E-state index in [1.807, 2.05) is 66.7 Å². The van der Waals surface area contributed by atoms with E-state index in [1.165, 1.54) is 0 Å². The molecule has 34 heavy (non-hydrogen) atoms. The third kappa shape index (κ3) is 6.50. The van der Waals surface area contributed by atoms with E-state index in [0.29, 0.717) is 19.3 Å². The van der Waals surface area contributed by atoms with Crippen molar-refractivity contribution in [1.29, 1.82) is 0 Å². The maximum Gasteiger partial charge on any atom is 0.458 e. The molecule has 0 amide bonds. The van der Waals surface area contributed by atoms with Crippen LogP contribution in [0.1, 0.15) is 24.0 Å². The van der Waals surface area contributed by atoms with Gasteiger partial charge in [-0.15, -0.1) is 0 Å². The number of rotatable bonds is 9. The van der Waals surface area contributed by atoms with Gasteiger partial charge in [-0.2, -0.15) is 0 Å². The minimum atomic E-state index is -0.827. The Hall–Kier alpha value is -3.54. The van der Waals surface area contributed by atoms with E-state index in [4.69, 9.17) is 9.39 Å². The van der Waals surface area contributed by atoms with Gasteiger partial charge in [0.2, 0.25) is 0 Å². The zero-order valence-electron chi connectivity index (χ0n) is 19.1. The monoisotopic (exact) mass is 452 g/mol. The number of ether oxygens (including phenoxy) is 1. The Bertz CT molecular complexity index is 1160. The second-order valence-electron chi connectivity index (χ2n) is 8.35. The Morgan fingerprint density at radius 1 is 1.03 bits per heavy atom. The van der Waals surface area contributed by atoms with E-state index in [9.17, 15) is 10.1 Å². The zero-order valence-corrected chi connectivity index (χ0v) is 19.1. The lowest BCUT2D eigenvalue weighted by Gasteiger charge is -2.28. The minimum absolute atomic E-state index is 0.236. The van der Waals surface area contributed by atoms with Crippen LogP contribution in [0.5, 0.6) is 11.5 Å². The van der Waals surface area contributed by atoms with Crippen molar-refractivity contribution in [3.05, 3.63) is 120 Å². The second-order valence-corrected chi connectivity index (χ2v) is 8.35. The number of allylic oxidation sites excluding steroid dienone is 2. The van der Waals surface area contributed by atoms with Crippen LogP contribution in [-0.2, 0) is 4.65 Å². The Balaban J connectivity index is 1.50. The summed E-state index contributed by atoms with van der Waals surface area (Å²) in [6.07, 6.45) is 5.64. The molecule has 1 atom stereocenters.